The van der Waals surface area contributed by atoms with Gasteiger partial charge in [-0.15, -0.1) is 0 Å². The van der Waals surface area contributed by atoms with Gasteiger partial charge in [0.2, 0.25) is 5.91 Å². The number of benzene rings is 1. The average molecular weight is 536 g/mol. The molecule has 0 radical (unpaired) electrons. The Morgan fingerprint density at radius 3 is 2.80 bits per heavy atom. The fourth-order valence-corrected chi connectivity index (χ4v) is 5.97. The number of carbonyl (C=O) groups is 2. The number of nitrogens with zero attached hydrogens (tertiary/aromatic N) is 5. The van der Waals surface area contributed by atoms with Gasteiger partial charge in [0.05, 0.1) is 46.5 Å². The van der Waals surface area contributed by atoms with Crippen LogP contribution in [0.5, 0.6) is 0 Å². The highest BCUT2D eigenvalue weighted by Crippen LogP contribution is 2.37. The molecule has 7 rings (SSSR count). The highest BCUT2D eigenvalue weighted by Gasteiger charge is 2.33. The molecule has 1 fully saturated rings. The van der Waals surface area contributed by atoms with Crippen LogP contribution in [0.2, 0.25) is 0 Å². The monoisotopic (exact) mass is 535 g/mol. The number of hydrogen-bond donors (Lipinski definition) is 2. The topological polar surface area (TPSA) is 108 Å². The number of aromatic nitrogens is 3. The Balaban J connectivity index is 1.29. The van der Waals surface area contributed by atoms with Crippen molar-refractivity contribution in [3.8, 4) is 11.3 Å². The maximum Gasteiger partial charge on any atom is 0.254 e. The number of amides is 2. The van der Waals surface area contributed by atoms with Crippen LogP contribution in [-0.2, 0) is 17.9 Å². The van der Waals surface area contributed by atoms with E-state index in [9.17, 15) is 9.59 Å². The molecule has 0 aliphatic carbocycles. The third-order valence-electron chi connectivity index (χ3n) is 7.87. The minimum atomic E-state index is -0.178. The van der Waals surface area contributed by atoms with Crippen LogP contribution in [0.25, 0.3) is 28.0 Å². The van der Waals surface area contributed by atoms with Gasteiger partial charge >= 0.3 is 0 Å². The van der Waals surface area contributed by atoms with E-state index in [4.69, 9.17) is 9.40 Å². The van der Waals surface area contributed by atoms with Crippen LogP contribution in [0.4, 0.5) is 11.5 Å². The first-order valence-electron chi connectivity index (χ1n) is 13.3. The summed E-state index contributed by atoms with van der Waals surface area (Å²) in [6.45, 7) is 1.77. The second-order valence-corrected chi connectivity index (χ2v) is 10.7. The van der Waals surface area contributed by atoms with Gasteiger partial charge in [0.1, 0.15) is 11.5 Å². The molecule has 4 aromatic heterocycles. The van der Waals surface area contributed by atoms with E-state index in [-0.39, 0.29) is 17.7 Å². The van der Waals surface area contributed by atoms with Crippen LogP contribution < -0.4 is 10.6 Å². The number of rotatable bonds is 6. The first-order valence-corrected chi connectivity index (χ1v) is 13.3. The Morgan fingerprint density at radius 1 is 1.12 bits per heavy atom. The smallest absolute Gasteiger partial charge is 0.254 e. The SMILES string of the molecule is CN(C)Cc1nc(Nc2ccc(-c3cnc4ccc5occc5n34)c3c2C(=O)NC3)ccc1C1CCN(C)C1=O. The lowest BCUT2D eigenvalue weighted by Gasteiger charge is -2.19. The lowest BCUT2D eigenvalue weighted by molar-refractivity contribution is -0.127. The van der Waals surface area contributed by atoms with Crippen molar-refractivity contribution in [2.45, 2.75) is 25.4 Å². The summed E-state index contributed by atoms with van der Waals surface area (Å²) < 4.78 is 7.67. The molecular weight excluding hydrogens is 506 g/mol. The van der Waals surface area contributed by atoms with E-state index in [1.165, 1.54) is 0 Å². The summed E-state index contributed by atoms with van der Waals surface area (Å²) in [7, 11) is 5.82. The van der Waals surface area contributed by atoms with Crippen LogP contribution in [0.1, 0.15) is 39.5 Å². The number of imidazole rings is 1. The van der Waals surface area contributed by atoms with Crippen molar-refractivity contribution in [2.24, 2.45) is 0 Å². The lowest BCUT2D eigenvalue weighted by Crippen LogP contribution is -2.23. The number of nitrogens with one attached hydrogen (secondary N) is 2. The molecule has 2 N–H and O–H groups in total. The van der Waals surface area contributed by atoms with Crippen LogP contribution in [0.3, 0.4) is 0 Å². The second kappa shape index (κ2) is 9.20. The number of furan rings is 1. The first kappa shape index (κ1) is 24.3. The summed E-state index contributed by atoms with van der Waals surface area (Å²) in [5, 5.41) is 6.39. The zero-order valence-corrected chi connectivity index (χ0v) is 22.6. The molecule has 0 spiro atoms. The second-order valence-electron chi connectivity index (χ2n) is 10.7. The average Bonchev–Trinajstić information content (AvgIpc) is 3.72. The number of hydrogen-bond acceptors (Lipinski definition) is 7. The summed E-state index contributed by atoms with van der Waals surface area (Å²) in [5.41, 5.74) is 8.32. The summed E-state index contributed by atoms with van der Waals surface area (Å²) in [4.78, 5) is 39.2. The fraction of sp³-hybridized carbons (Fsp3) is 0.267. The minimum absolute atomic E-state index is 0.132. The molecule has 5 aromatic rings. The van der Waals surface area contributed by atoms with Gasteiger partial charge in [0.15, 0.2) is 5.58 Å². The number of anilines is 2. The lowest BCUT2D eigenvalue weighted by atomic mass is 9.95. The molecule has 202 valence electrons. The fourth-order valence-electron chi connectivity index (χ4n) is 5.97. The van der Waals surface area contributed by atoms with Gasteiger partial charge in [-0.05, 0) is 55.9 Å². The zero-order chi connectivity index (χ0) is 27.5. The van der Waals surface area contributed by atoms with E-state index in [1.54, 1.807) is 11.2 Å². The highest BCUT2D eigenvalue weighted by atomic mass is 16.3. The minimum Gasteiger partial charge on any atom is -0.463 e. The molecule has 2 aliphatic heterocycles. The quantitative estimate of drug-likeness (QED) is 0.337. The number of fused-ring (bicyclic) bond motifs is 4. The molecule has 1 unspecified atom stereocenters. The molecule has 1 saturated heterocycles. The molecule has 0 saturated carbocycles. The van der Waals surface area contributed by atoms with Gasteiger partial charge in [-0.1, -0.05) is 12.1 Å². The van der Waals surface area contributed by atoms with Crippen molar-refractivity contribution in [3.63, 3.8) is 0 Å². The van der Waals surface area contributed by atoms with Gasteiger partial charge in [-0.2, -0.15) is 0 Å². The normalized spacial score (nSPS) is 16.9. The Bertz CT molecular complexity index is 1820. The predicted octanol–water partition coefficient (Wildman–Crippen LogP) is 4.14. The maximum atomic E-state index is 13.1. The van der Waals surface area contributed by atoms with Gasteiger partial charge < -0.3 is 24.9 Å². The largest absolute Gasteiger partial charge is 0.463 e. The van der Waals surface area contributed by atoms with Crippen molar-refractivity contribution < 1.29 is 14.0 Å². The first-order chi connectivity index (χ1) is 19.4. The summed E-state index contributed by atoms with van der Waals surface area (Å²) in [5.74, 6) is 0.450. The van der Waals surface area contributed by atoms with Crippen molar-refractivity contribution in [3.05, 3.63) is 77.3 Å². The number of likely N-dealkylation sites (tertiary alicyclic amines) is 1. The van der Waals surface area contributed by atoms with Crippen molar-refractivity contribution in [1.82, 2.24) is 29.5 Å². The van der Waals surface area contributed by atoms with Gasteiger partial charge in [0.25, 0.3) is 5.91 Å². The Hall–Kier alpha value is -4.70. The van der Waals surface area contributed by atoms with E-state index in [2.05, 4.69) is 20.0 Å². The Labute approximate surface area is 230 Å². The summed E-state index contributed by atoms with van der Waals surface area (Å²) >= 11 is 0. The molecular formula is C30H29N7O3. The molecule has 6 heterocycles. The van der Waals surface area contributed by atoms with Gasteiger partial charge in [0, 0.05) is 38.3 Å². The van der Waals surface area contributed by atoms with Crippen LogP contribution in [0, 0.1) is 0 Å². The van der Waals surface area contributed by atoms with E-state index >= 15 is 0 Å². The number of pyridine rings is 2. The van der Waals surface area contributed by atoms with E-state index in [0.29, 0.717) is 30.2 Å². The molecule has 1 aromatic carbocycles. The molecule has 10 nitrogen and oxygen atoms in total. The van der Waals surface area contributed by atoms with Crippen LogP contribution >= 0.6 is 0 Å². The third kappa shape index (κ3) is 3.83. The summed E-state index contributed by atoms with van der Waals surface area (Å²) in [6, 6.07) is 13.6. The number of likely N-dealkylation sites (N-methyl/N-ethyl adjacent to an activating group) is 1. The van der Waals surface area contributed by atoms with Crippen molar-refractivity contribution in [2.75, 3.05) is 33.0 Å². The molecule has 10 heteroatoms. The van der Waals surface area contributed by atoms with Crippen molar-refractivity contribution in [1.29, 1.82) is 0 Å². The van der Waals surface area contributed by atoms with Crippen LogP contribution in [-0.4, -0.2) is 63.7 Å². The van der Waals surface area contributed by atoms with Gasteiger partial charge in [-0.3, -0.25) is 14.0 Å². The highest BCUT2D eigenvalue weighted by molar-refractivity contribution is 6.06. The number of carbonyl (C=O) groups excluding carboxylic acids is 2. The molecule has 1 atom stereocenters. The van der Waals surface area contributed by atoms with Crippen LogP contribution in [0.15, 0.2) is 59.3 Å². The van der Waals surface area contributed by atoms with Gasteiger partial charge in [-0.25, -0.2) is 9.97 Å². The van der Waals surface area contributed by atoms with E-state index in [0.717, 1.165) is 57.8 Å². The molecule has 40 heavy (non-hydrogen) atoms. The predicted molar refractivity (Wildman–Crippen MR) is 151 cm³/mol. The molecule has 0 bridgehead atoms. The maximum absolute atomic E-state index is 13.1. The summed E-state index contributed by atoms with van der Waals surface area (Å²) in [6.07, 6.45) is 4.29. The molecule has 2 amide bonds. The van der Waals surface area contributed by atoms with Crippen molar-refractivity contribution >= 4 is 40.1 Å². The zero-order valence-electron chi connectivity index (χ0n) is 22.6. The van der Waals surface area contributed by atoms with E-state index < -0.39 is 0 Å². The Morgan fingerprint density at radius 2 is 2.00 bits per heavy atom. The van der Waals surface area contributed by atoms with E-state index in [1.807, 2.05) is 74.7 Å². The Kier molecular flexibility index (Phi) is 5.60. The molecule has 2 aliphatic rings. The third-order valence-corrected chi connectivity index (χ3v) is 7.87. The standard InChI is InChI=1S/C30H29N7O3/c1-35(2)16-22-17(19-10-12-36(3)30(19)39)5-8-26(34-22)33-21-6-4-18(20-14-32-29(38)28(20)21)24-15-31-27-9-7-25-23(37(24)27)11-13-40-25/h4-9,11,13,15,19H,10,12,14,16H2,1-3H3,(H,32,38)(H,33,34).